The van der Waals surface area contributed by atoms with Gasteiger partial charge < -0.3 is 20.4 Å². The molecule has 1 fully saturated rings. The van der Waals surface area contributed by atoms with Crippen LogP contribution in [0.2, 0.25) is 0 Å². The zero-order valence-electron chi connectivity index (χ0n) is 19.6. The van der Waals surface area contributed by atoms with Crippen LogP contribution in [0.4, 0.5) is 4.79 Å². The molecule has 0 radical (unpaired) electrons. The monoisotopic (exact) mass is 568 g/mol. The van der Waals surface area contributed by atoms with Crippen LogP contribution in [0.5, 0.6) is 0 Å². The molecule has 9 nitrogen and oxygen atoms in total. The third-order valence-electron chi connectivity index (χ3n) is 5.50. The lowest BCUT2D eigenvalue weighted by atomic mass is 9.99. The van der Waals surface area contributed by atoms with Crippen LogP contribution in [0.15, 0.2) is 39.9 Å². The number of aromatic nitrogens is 1. The van der Waals surface area contributed by atoms with Crippen molar-refractivity contribution in [2.45, 2.75) is 52.6 Å². The molecule has 0 saturated carbocycles. The number of nitrogens with one attached hydrogen (secondary N) is 3. The number of carbonyl (C=O) groups excluding carboxylic acids is 2. The number of aliphatic imine (C=N–C) groups is 1. The fourth-order valence-corrected chi connectivity index (χ4v) is 3.34. The van der Waals surface area contributed by atoms with Gasteiger partial charge in [0.05, 0.1) is 6.54 Å². The Labute approximate surface area is 211 Å². The SMILES string of the molecule is CCNC(=NCc1coc(-c2ccc(C)cc2)n1)NCCCN1C(=O)NC(C)(CC)C1=O.I. The van der Waals surface area contributed by atoms with Gasteiger partial charge in [0.1, 0.15) is 17.5 Å². The molecule has 0 bridgehead atoms. The highest BCUT2D eigenvalue weighted by Gasteiger charge is 2.45. The second kappa shape index (κ2) is 12.0. The molecule has 180 valence electrons. The normalized spacial score (nSPS) is 18.2. The molecule has 3 rings (SSSR count). The first-order valence-corrected chi connectivity index (χ1v) is 11.0. The molecular weight excluding hydrogens is 535 g/mol. The van der Waals surface area contributed by atoms with E-state index < -0.39 is 5.54 Å². The molecule has 0 aliphatic carbocycles. The number of imide groups is 1. The van der Waals surface area contributed by atoms with Crippen LogP contribution in [-0.4, -0.2) is 53.0 Å². The van der Waals surface area contributed by atoms with Gasteiger partial charge >= 0.3 is 6.03 Å². The smallest absolute Gasteiger partial charge is 0.325 e. The summed E-state index contributed by atoms with van der Waals surface area (Å²) in [6.45, 7) is 9.68. The Balaban J connectivity index is 0.00000385. The molecule has 1 aliphatic rings. The van der Waals surface area contributed by atoms with E-state index in [1.165, 1.54) is 10.5 Å². The van der Waals surface area contributed by atoms with Crippen molar-refractivity contribution >= 4 is 41.9 Å². The van der Waals surface area contributed by atoms with Crippen LogP contribution < -0.4 is 16.0 Å². The molecule has 0 spiro atoms. The van der Waals surface area contributed by atoms with Crippen LogP contribution in [0, 0.1) is 6.92 Å². The Hall–Kier alpha value is -2.63. The second-order valence-electron chi connectivity index (χ2n) is 8.06. The highest BCUT2D eigenvalue weighted by atomic mass is 127. The number of carbonyl (C=O) groups is 2. The summed E-state index contributed by atoms with van der Waals surface area (Å²) in [6.07, 6.45) is 2.80. The van der Waals surface area contributed by atoms with E-state index in [1.807, 2.05) is 45.0 Å². The maximum atomic E-state index is 12.5. The van der Waals surface area contributed by atoms with Crippen molar-refractivity contribution < 1.29 is 14.0 Å². The number of aryl methyl sites for hydroxylation is 1. The number of nitrogens with zero attached hydrogens (tertiary/aromatic N) is 3. The second-order valence-corrected chi connectivity index (χ2v) is 8.06. The summed E-state index contributed by atoms with van der Waals surface area (Å²) >= 11 is 0. The molecule has 3 N–H and O–H groups in total. The first kappa shape index (κ1) is 26.6. The zero-order chi connectivity index (χ0) is 23.1. The summed E-state index contributed by atoms with van der Waals surface area (Å²) in [5.74, 6) is 1.05. The number of halogens is 1. The summed E-state index contributed by atoms with van der Waals surface area (Å²) in [4.78, 5) is 34.9. The summed E-state index contributed by atoms with van der Waals surface area (Å²) < 4.78 is 5.59. The first-order valence-electron chi connectivity index (χ1n) is 11.0. The van der Waals surface area contributed by atoms with E-state index >= 15 is 0 Å². The van der Waals surface area contributed by atoms with Gasteiger partial charge in [0.15, 0.2) is 5.96 Å². The van der Waals surface area contributed by atoms with E-state index in [0.29, 0.717) is 50.9 Å². The van der Waals surface area contributed by atoms with Gasteiger partial charge in [-0.2, -0.15) is 0 Å². The number of amides is 3. The molecule has 1 aromatic heterocycles. The van der Waals surface area contributed by atoms with Gasteiger partial charge in [-0.25, -0.2) is 14.8 Å². The van der Waals surface area contributed by atoms with E-state index in [-0.39, 0.29) is 35.9 Å². The molecule has 1 aromatic carbocycles. The van der Waals surface area contributed by atoms with Crippen molar-refractivity contribution in [1.82, 2.24) is 25.8 Å². The zero-order valence-corrected chi connectivity index (χ0v) is 21.9. The molecule has 1 atom stereocenters. The predicted octanol–water partition coefficient (Wildman–Crippen LogP) is 3.43. The molecule has 10 heteroatoms. The molecule has 2 aromatic rings. The molecule has 2 heterocycles. The van der Waals surface area contributed by atoms with Crippen molar-refractivity contribution in [2.24, 2.45) is 4.99 Å². The maximum Gasteiger partial charge on any atom is 0.325 e. The van der Waals surface area contributed by atoms with Gasteiger partial charge in [0.25, 0.3) is 5.91 Å². The lowest BCUT2D eigenvalue weighted by Gasteiger charge is -2.19. The third-order valence-corrected chi connectivity index (χ3v) is 5.50. The van der Waals surface area contributed by atoms with Gasteiger partial charge in [0.2, 0.25) is 5.89 Å². The lowest BCUT2D eigenvalue weighted by Crippen LogP contribution is -2.43. The largest absolute Gasteiger partial charge is 0.444 e. The van der Waals surface area contributed by atoms with Gasteiger partial charge in [0, 0.05) is 25.2 Å². The van der Waals surface area contributed by atoms with E-state index in [9.17, 15) is 9.59 Å². The Kier molecular flexibility index (Phi) is 9.69. The predicted molar refractivity (Wildman–Crippen MR) is 138 cm³/mol. The van der Waals surface area contributed by atoms with Crippen LogP contribution in [-0.2, 0) is 11.3 Å². The fourth-order valence-electron chi connectivity index (χ4n) is 3.34. The highest BCUT2D eigenvalue weighted by Crippen LogP contribution is 2.21. The van der Waals surface area contributed by atoms with Crippen molar-refractivity contribution in [3.8, 4) is 11.5 Å². The van der Waals surface area contributed by atoms with Crippen molar-refractivity contribution in [2.75, 3.05) is 19.6 Å². The Morgan fingerprint density at radius 3 is 2.58 bits per heavy atom. The molecule has 1 saturated heterocycles. The fraction of sp³-hybridized carbons (Fsp3) is 0.478. The molecule has 1 unspecified atom stereocenters. The highest BCUT2D eigenvalue weighted by molar-refractivity contribution is 14.0. The summed E-state index contributed by atoms with van der Waals surface area (Å²) in [5.41, 5.74) is 2.04. The molecule has 3 amide bonds. The van der Waals surface area contributed by atoms with Crippen molar-refractivity contribution in [3.63, 3.8) is 0 Å². The maximum absolute atomic E-state index is 12.5. The Morgan fingerprint density at radius 1 is 1.21 bits per heavy atom. The molecule has 33 heavy (non-hydrogen) atoms. The van der Waals surface area contributed by atoms with E-state index in [4.69, 9.17) is 4.42 Å². The number of hydrogen-bond donors (Lipinski definition) is 3. The summed E-state index contributed by atoms with van der Waals surface area (Å²) in [5, 5.41) is 9.19. The third kappa shape index (κ3) is 6.68. The Morgan fingerprint density at radius 2 is 1.94 bits per heavy atom. The number of guanidine groups is 1. The Bertz CT molecular complexity index is 975. The van der Waals surface area contributed by atoms with Crippen LogP contribution in [0.25, 0.3) is 11.5 Å². The van der Waals surface area contributed by atoms with E-state index in [1.54, 1.807) is 13.2 Å². The number of oxazole rings is 1. The first-order chi connectivity index (χ1) is 15.4. The topological polar surface area (TPSA) is 112 Å². The minimum Gasteiger partial charge on any atom is -0.444 e. The molecule has 1 aliphatic heterocycles. The lowest BCUT2D eigenvalue weighted by molar-refractivity contribution is -0.130. The van der Waals surface area contributed by atoms with Gasteiger partial charge in [-0.05, 0) is 45.7 Å². The number of hydrogen-bond acceptors (Lipinski definition) is 5. The summed E-state index contributed by atoms with van der Waals surface area (Å²) in [6, 6.07) is 7.68. The standard InChI is InChI=1S/C23H32N6O3.HI/c1-5-23(4)20(30)29(22(31)28-23)13-7-12-25-21(24-6-2)26-14-18-15-32-19(27-18)17-10-8-16(3)9-11-17;/h8-11,15H,5-7,12-14H2,1-4H3,(H,28,31)(H2,24,25,26);1H. The number of rotatable bonds is 9. The number of urea groups is 1. The quantitative estimate of drug-likeness (QED) is 0.141. The van der Waals surface area contributed by atoms with Gasteiger partial charge in [-0.3, -0.25) is 9.69 Å². The van der Waals surface area contributed by atoms with Crippen LogP contribution in [0.1, 0.15) is 44.9 Å². The summed E-state index contributed by atoms with van der Waals surface area (Å²) in [7, 11) is 0. The van der Waals surface area contributed by atoms with Crippen LogP contribution >= 0.6 is 24.0 Å². The molecular formula is C23H33IN6O3. The minimum atomic E-state index is -0.796. The minimum absolute atomic E-state index is 0. The van der Waals surface area contributed by atoms with Crippen molar-refractivity contribution in [1.29, 1.82) is 0 Å². The number of benzene rings is 1. The van der Waals surface area contributed by atoms with Crippen molar-refractivity contribution in [3.05, 3.63) is 41.8 Å². The average Bonchev–Trinajstić information content (AvgIpc) is 3.33. The van der Waals surface area contributed by atoms with E-state index in [0.717, 1.165) is 11.3 Å². The van der Waals surface area contributed by atoms with E-state index in [2.05, 4.69) is 25.9 Å². The van der Waals surface area contributed by atoms with Gasteiger partial charge in [-0.15, -0.1) is 24.0 Å². The van der Waals surface area contributed by atoms with Crippen LogP contribution in [0.3, 0.4) is 0 Å². The average molecular weight is 568 g/mol. The van der Waals surface area contributed by atoms with Gasteiger partial charge in [-0.1, -0.05) is 24.6 Å².